The third-order valence-electron chi connectivity index (χ3n) is 1.39. The summed E-state index contributed by atoms with van der Waals surface area (Å²) >= 11 is 0. The molecule has 1 heterocycles. The Balaban J connectivity index is 3.09. The van der Waals surface area contributed by atoms with E-state index in [0.29, 0.717) is 12.1 Å². The fourth-order valence-electron chi connectivity index (χ4n) is 0.854. The second-order valence-electron chi connectivity index (χ2n) is 2.18. The number of aromatic hydroxyl groups is 1. The van der Waals surface area contributed by atoms with Gasteiger partial charge in [0, 0.05) is 10.8 Å². The molecule has 1 aromatic rings. The minimum atomic E-state index is 0.0786. The molecular formula is C8H10NO2+. The second kappa shape index (κ2) is 3.05. The average molecular weight is 152 g/mol. The molecule has 11 heavy (non-hydrogen) atoms. The molecule has 0 bridgehead atoms. The van der Waals surface area contributed by atoms with Crippen molar-refractivity contribution in [1.82, 2.24) is 0 Å². The zero-order valence-corrected chi connectivity index (χ0v) is 6.07. The zero-order valence-electron chi connectivity index (χ0n) is 6.07. The van der Waals surface area contributed by atoms with Crippen molar-refractivity contribution in [3.8, 4) is 5.75 Å². The van der Waals surface area contributed by atoms with Crippen LogP contribution in [0.25, 0.3) is 0 Å². The maximum absolute atomic E-state index is 9.19. The molecule has 0 saturated carbocycles. The molecule has 58 valence electrons. The number of aromatic nitrogens is 1. The summed E-state index contributed by atoms with van der Waals surface area (Å²) in [6, 6.07) is 3.08. The van der Waals surface area contributed by atoms with Crippen molar-refractivity contribution in [2.75, 3.05) is 0 Å². The summed E-state index contributed by atoms with van der Waals surface area (Å²) in [5.74, 6) is 0.0786. The van der Waals surface area contributed by atoms with Gasteiger partial charge in [-0.05, 0) is 6.07 Å². The topological polar surface area (TPSA) is 44.3 Å². The van der Waals surface area contributed by atoms with Gasteiger partial charge in [-0.15, -0.1) is 6.58 Å². The van der Waals surface area contributed by atoms with E-state index in [4.69, 9.17) is 5.21 Å². The third-order valence-corrected chi connectivity index (χ3v) is 1.39. The number of allylic oxidation sites excluding steroid dienone is 1. The van der Waals surface area contributed by atoms with Gasteiger partial charge in [0.25, 0.3) is 5.69 Å². The molecule has 0 radical (unpaired) electrons. The first-order chi connectivity index (χ1) is 5.25. The van der Waals surface area contributed by atoms with Crippen LogP contribution in [-0.2, 0) is 6.42 Å². The fraction of sp³-hybridized carbons (Fsp3) is 0.125. The zero-order chi connectivity index (χ0) is 8.27. The fourth-order valence-corrected chi connectivity index (χ4v) is 0.854. The van der Waals surface area contributed by atoms with Crippen molar-refractivity contribution in [3.63, 3.8) is 0 Å². The molecule has 0 amide bonds. The second-order valence-corrected chi connectivity index (χ2v) is 2.18. The third kappa shape index (κ3) is 1.49. The van der Waals surface area contributed by atoms with Crippen molar-refractivity contribution in [1.29, 1.82) is 0 Å². The molecule has 3 nitrogen and oxygen atoms in total. The number of pyridine rings is 1. The molecular weight excluding hydrogens is 142 g/mol. The highest BCUT2D eigenvalue weighted by Crippen LogP contribution is 2.10. The number of rotatable bonds is 2. The molecule has 0 spiro atoms. The Hall–Kier alpha value is -1.51. The number of nitrogens with zero attached hydrogens (tertiary/aromatic N) is 1. The molecule has 0 aliphatic carbocycles. The molecule has 2 N–H and O–H groups in total. The maximum atomic E-state index is 9.19. The van der Waals surface area contributed by atoms with E-state index in [9.17, 15) is 5.11 Å². The Morgan fingerprint density at radius 2 is 2.36 bits per heavy atom. The van der Waals surface area contributed by atoms with Crippen LogP contribution in [0.4, 0.5) is 0 Å². The minimum Gasteiger partial charge on any atom is -0.502 e. The predicted molar refractivity (Wildman–Crippen MR) is 39.4 cm³/mol. The normalized spacial score (nSPS) is 9.45. The van der Waals surface area contributed by atoms with E-state index in [1.165, 1.54) is 12.3 Å². The van der Waals surface area contributed by atoms with E-state index in [2.05, 4.69) is 6.58 Å². The lowest BCUT2D eigenvalue weighted by molar-refractivity contribution is -0.909. The molecule has 0 saturated heterocycles. The van der Waals surface area contributed by atoms with Gasteiger partial charge in [-0.25, -0.2) is 0 Å². The van der Waals surface area contributed by atoms with Crippen LogP contribution in [0, 0.1) is 0 Å². The predicted octanol–water partition coefficient (Wildman–Crippen LogP) is 0.645. The summed E-state index contributed by atoms with van der Waals surface area (Å²) in [5.41, 5.74) is 0.447. The molecule has 0 aliphatic heterocycles. The Kier molecular flexibility index (Phi) is 2.11. The summed E-state index contributed by atoms with van der Waals surface area (Å²) in [7, 11) is 0. The summed E-state index contributed by atoms with van der Waals surface area (Å²) in [5, 5.41) is 18.3. The van der Waals surface area contributed by atoms with Gasteiger partial charge in [-0.1, -0.05) is 6.08 Å². The average Bonchev–Trinajstić information content (AvgIpc) is 1.97. The van der Waals surface area contributed by atoms with Crippen LogP contribution in [0.1, 0.15) is 5.69 Å². The van der Waals surface area contributed by atoms with Gasteiger partial charge in [0.05, 0.1) is 6.42 Å². The van der Waals surface area contributed by atoms with E-state index in [-0.39, 0.29) is 5.75 Å². The molecule has 0 atom stereocenters. The van der Waals surface area contributed by atoms with Gasteiger partial charge in [0.15, 0.2) is 5.75 Å². The number of hydrogen-bond donors (Lipinski definition) is 2. The van der Waals surface area contributed by atoms with Crippen LogP contribution in [0.2, 0.25) is 0 Å². The van der Waals surface area contributed by atoms with Gasteiger partial charge in [-0.3, -0.25) is 5.21 Å². The molecule has 0 aliphatic rings. The lowest BCUT2D eigenvalue weighted by Gasteiger charge is -1.94. The number of hydrogen-bond acceptors (Lipinski definition) is 2. The van der Waals surface area contributed by atoms with Gasteiger partial charge in [0.2, 0.25) is 6.20 Å². The molecule has 1 aromatic heterocycles. The molecule has 0 unspecified atom stereocenters. The Bertz CT molecular complexity index is 251. The van der Waals surface area contributed by atoms with Crippen LogP contribution >= 0.6 is 0 Å². The molecule has 0 aromatic carbocycles. The van der Waals surface area contributed by atoms with Crippen molar-refractivity contribution >= 4 is 0 Å². The summed E-state index contributed by atoms with van der Waals surface area (Å²) in [4.78, 5) is 0. The molecule has 3 heteroatoms. The Morgan fingerprint density at radius 1 is 1.64 bits per heavy atom. The van der Waals surface area contributed by atoms with E-state index in [1.54, 1.807) is 12.1 Å². The van der Waals surface area contributed by atoms with Crippen LogP contribution < -0.4 is 4.73 Å². The summed E-state index contributed by atoms with van der Waals surface area (Å²) in [6.45, 7) is 3.50. The van der Waals surface area contributed by atoms with Gasteiger partial charge in [-0.2, -0.15) is 0 Å². The van der Waals surface area contributed by atoms with E-state index >= 15 is 0 Å². The lowest BCUT2D eigenvalue weighted by atomic mass is 10.2. The van der Waals surface area contributed by atoms with Gasteiger partial charge in [0.1, 0.15) is 0 Å². The SMILES string of the molecule is C=CCc1c(O)ccc[n+]1O. The monoisotopic (exact) mass is 152 g/mol. The first-order valence-electron chi connectivity index (χ1n) is 3.28. The maximum Gasteiger partial charge on any atom is 0.279 e. The summed E-state index contributed by atoms with van der Waals surface area (Å²) < 4.78 is 0.886. The standard InChI is InChI=1S/C8H9NO2/c1-2-4-7-8(10)5-3-6-9(7)11/h2-3,5-6H,1,4H2,(H-,10,11)/p+1. The highest BCUT2D eigenvalue weighted by atomic mass is 16.5. The van der Waals surface area contributed by atoms with Crippen molar-refractivity contribution < 1.29 is 15.0 Å². The van der Waals surface area contributed by atoms with Crippen LogP contribution in [-0.4, -0.2) is 10.3 Å². The first kappa shape index (κ1) is 7.60. The highest BCUT2D eigenvalue weighted by Gasteiger charge is 2.12. The van der Waals surface area contributed by atoms with E-state index < -0.39 is 0 Å². The Labute approximate surface area is 64.8 Å². The minimum absolute atomic E-state index is 0.0786. The van der Waals surface area contributed by atoms with Gasteiger partial charge >= 0.3 is 0 Å². The summed E-state index contributed by atoms with van der Waals surface area (Å²) in [6.07, 6.45) is 3.52. The lowest BCUT2D eigenvalue weighted by Crippen LogP contribution is -2.34. The van der Waals surface area contributed by atoms with Crippen LogP contribution in [0.5, 0.6) is 5.75 Å². The molecule has 1 rings (SSSR count). The van der Waals surface area contributed by atoms with Crippen molar-refractivity contribution in [3.05, 3.63) is 36.7 Å². The van der Waals surface area contributed by atoms with Crippen LogP contribution in [0.3, 0.4) is 0 Å². The molecule has 0 fully saturated rings. The highest BCUT2D eigenvalue weighted by molar-refractivity contribution is 5.22. The quantitative estimate of drug-likeness (QED) is 0.371. The van der Waals surface area contributed by atoms with Crippen LogP contribution in [0.15, 0.2) is 31.0 Å². The first-order valence-corrected chi connectivity index (χ1v) is 3.28. The van der Waals surface area contributed by atoms with E-state index in [1.807, 2.05) is 0 Å². The Morgan fingerprint density at radius 3 is 2.91 bits per heavy atom. The van der Waals surface area contributed by atoms with Crippen molar-refractivity contribution in [2.45, 2.75) is 6.42 Å². The van der Waals surface area contributed by atoms with E-state index in [0.717, 1.165) is 4.73 Å². The van der Waals surface area contributed by atoms with Gasteiger partial charge < -0.3 is 5.11 Å². The largest absolute Gasteiger partial charge is 0.502 e. The smallest absolute Gasteiger partial charge is 0.279 e. The van der Waals surface area contributed by atoms with Crippen molar-refractivity contribution in [2.24, 2.45) is 0 Å².